The predicted octanol–water partition coefficient (Wildman–Crippen LogP) is 5.57. The highest BCUT2D eigenvalue weighted by Crippen LogP contribution is 2.36. The molecule has 4 nitrogen and oxygen atoms in total. The van der Waals surface area contributed by atoms with E-state index in [-0.39, 0.29) is 29.4 Å². The Labute approximate surface area is 162 Å². The van der Waals surface area contributed by atoms with Crippen molar-refractivity contribution in [2.45, 2.75) is 71.6 Å². The maximum absolute atomic E-state index is 10.4. The molecular formula is C23H32O4. The first kappa shape index (κ1) is 20.9. The summed E-state index contributed by atoms with van der Waals surface area (Å²) in [6.07, 6.45) is 8.16. The van der Waals surface area contributed by atoms with Gasteiger partial charge in [-0.2, -0.15) is 0 Å². The minimum Gasteiger partial charge on any atom is -0.508 e. The Balaban J connectivity index is 2.28. The minimum atomic E-state index is -0.00711. The van der Waals surface area contributed by atoms with Gasteiger partial charge in [-0.15, -0.1) is 0 Å². The van der Waals surface area contributed by atoms with Crippen molar-refractivity contribution in [3.63, 3.8) is 0 Å². The molecular weight excluding hydrogens is 340 g/mol. The molecule has 0 aromatic heterocycles. The van der Waals surface area contributed by atoms with Crippen LogP contribution in [0.15, 0.2) is 24.3 Å². The highest BCUT2D eigenvalue weighted by molar-refractivity contribution is 5.53. The van der Waals surface area contributed by atoms with Gasteiger partial charge >= 0.3 is 0 Å². The first-order valence-corrected chi connectivity index (χ1v) is 10.0. The monoisotopic (exact) mass is 372 g/mol. The second-order valence-electron chi connectivity index (χ2n) is 7.31. The van der Waals surface area contributed by atoms with Crippen LogP contribution in [0, 0.1) is 0 Å². The molecule has 4 heteroatoms. The lowest BCUT2D eigenvalue weighted by molar-refractivity contribution is 0.434. The molecule has 0 aliphatic rings. The summed E-state index contributed by atoms with van der Waals surface area (Å²) in [6.45, 7) is 4.26. The number of unbranched alkanes of at least 4 members (excludes halogenated alkanes) is 4. The molecule has 0 saturated carbocycles. The van der Waals surface area contributed by atoms with Gasteiger partial charge in [0.25, 0.3) is 0 Å². The molecule has 0 aliphatic carbocycles. The van der Waals surface area contributed by atoms with Crippen LogP contribution in [0.2, 0.25) is 0 Å². The van der Waals surface area contributed by atoms with E-state index in [9.17, 15) is 20.4 Å². The summed E-state index contributed by atoms with van der Waals surface area (Å²) in [5, 5.41) is 41.1. The molecule has 2 aromatic carbocycles. The van der Waals surface area contributed by atoms with Crippen LogP contribution in [0.1, 0.15) is 74.6 Å². The average Bonchev–Trinajstić information content (AvgIpc) is 2.60. The van der Waals surface area contributed by atoms with Gasteiger partial charge in [-0.25, -0.2) is 0 Å². The third-order valence-electron chi connectivity index (χ3n) is 5.04. The lowest BCUT2D eigenvalue weighted by Gasteiger charge is -2.15. The van der Waals surface area contributed by atoms with Crippen molar-refractivity contribution in [1.82, 2.24) is 0 Å². The summed E-state index contributed by atoms with van der Waals surface area (Å²) in [5.74, 6) is 0.122. The van der Waals surface area contributed by atoms with E-state index in [1.807, 2.05) is 0 Å². The van der Waals surface area contributed by atoms with Gasteiger partial charge in [0, 0.05) is 23.6 Å². The Bertz CT molecular complexity index is 729. The van der Waals surface area contributed by atoms with Crippen LogP contribution in [-0.4, -0.2) is 20.4 Å². The van der Waals surface area contributed by atoms with Crippen molar-refractivity contribution in [3.8, 4) is 23.0 Å². The molecule has 0 unspecified atom stereocenters. The molecule has 27 heavy (non-hydrogen) atoms. The van der Waals surface area contributed by atoms with E-state index in [4.69, 9.17) is 0 Å². The summed E-state index contributed by atoms with van der Waals surface area (Å²) >= 11 is 0. The van der Waals surface area contributed by atoms with E-state index in [1.54, 1.807) is 18.2 Å². The van der Waals surface area contributed by atoms with Crippen LogP contribution in [0.5, 0.6) is 23.0 Å². The van der Waals surface area contributed by atoms with Gasteiger partial charge in [-0.3, -0.25) is 0 Å². The van der Waals surface area contributed by atoms with Gasteiger partial charge in [-0.1, -0.05) is 39.5 Å². The highest BCUT2D eigenvalue weighted by atomic mass is 16.3. The molecule has 0 radical (unpaired) electrons. The second kappa shape index (κ2) is 10.1. The van der Waals surface area contributed by atoms with E-state index >= 15 is 0 Å². The fourth-order valence-electron chi connectivity index (χ4n) is 3.47. The van der Waals surface area contributed by atoms with Gasteiger partial charge in [0.2, 0.25) is 0 Å². The molecule has 0 aliphatic heterocycles. The van der Waals surface area contributed by atoms with E-state index in [0.717, 1.165) is 62.5 Å². The summed E-state index contributed by atoms with van der Waals surface area (Å²) in [5.41, 5.74) is 2.83. The Morgan fingerprint density at radius 3 is 1.78 bits per heavy atom. The van der Waals surface area contributed by atoms with Crippen LogP contribution in [0.25, 0.3) is 0 Å². The van der Waals surface area contributed by atoms with E-state index in [0.29, 0.717) is 11.1 Å². The maximum Gasteiger partial charge on any atom is 0.123 e. The lowest BCUT2D eigenvalue weighted by Crippen LogP contribution is -1.99. The zero-order valence-corrected chi connectivity index (χ0v) is 16.5. The number of aryl methyl sites for hydroxylation is 2. The lowest BCUT2D eigenvalue weighted by atomic mass is 9.93. The standard InChI is InChI=1S/C23H32O4/c1-3-5-7-9-16-11-21(25)20(22(26)12-16)15-19-17(10-8-6-4-2)13-18(24)14-23(19)27/h11-14,24-27H,3-10,15H2,1-2H3. The largest absolute Gasteiger partial charge is 0.508 e. The molecule has 0 spiro atoms. The Kier molecular flexibility index (Phi) is 7.83. The zero-order chi connectivity index (χ0) is 19.8. The topological polar surface area (TPSA) is 80.9 Å². The summed E-state index contributed by atoms with van der Waals surface area (Å²) in [7, 11) is 0. The Morgan fingerprint density at radius 2 is 1.19 bits per heavy atom. The molecule has 2 aromatic rings. The zero-order valence-electron chi connectivity index (χ0n) is 16.5. The number of rotatable bonds is 10. The SMILES string of the molecule is CCCCCc1cc(O)c(Cc2c(O)cc(O)cc2CCCCC)c(O)c1. The van der Waals surface area contributed by atoms with Crippen molar-refractivity contribution in [3.05, 3.63) is 46.5 Å². The van der Waals surface area contributed by atoms with Gasteiger partial charge in [0.05, 0.1) is 0 Å². The van der Waals surface area contributed by atoms with E-state index in [1.165, 1.54) is 6.07 Å². The number of aromatic hydroxyl groups is 4. The number of hydrogen-bond acceptors (Lipinski definition) is 4. The molecule has 0 saturated heterocycles. The van der Waals surface area contributed by atoms with Gasteiger partial charge in [0.15, 0.2) is 0 Å². The smallest absolute Gasteiger partial charge is 0.123 e. The van der Waals surface area contributed by atoms with Crippen LogP contribution in [0.4, 0.5) is 0 Å². The summed E-state index contributed by atoms with van der Waals surface area (Å²) < 4.78 is 0. The quantitative estimate of drug-likeness (QED) is 0.411. The van der Waals surface area contributed by atoms with Gasteiger partial charge < -0.3 is 20.4 Å². The van der Waals surface area contributed by atoms with Crippen LogP contribution in [0.3, 0.4) is 0 Å². The van der Waals surface area contributed by atoms with Crippen molar-refractivity contribution in [2.75, 3.05) is 0 Å². The molecule has 4 N–H and O–H groups in total. The average molecular weight is 373 g/mol. The third-order valence-corrected chi connectivity index (χ3v) is 5.04. The van der Waals surface area contributed by atoms with Crippen LogP contribution < -0.4 is 0 Å². The Hall–Kier alpha value is -2.36. The summed E-state index contributed by atoms with van der Waals surface area (Å²) in [6, 6.07) is 6.39. The fraction of sp³-hybridized carbons (Fsp3) is 0.478. The highest BCUT2D eigenvalue weighted by Gasteiger charge is 2.16. The minimum absolute atomic E-state index is 0.00711. The molecule has 148 valence electrons. The van der Waals surface area contributed by atoms with Gasteiger partial charge in [-0.05, 0) is 55.0 Å². The predicted molar refractivity (Wildman–Crippen MR) is 109 cm³/mol. The molecule has 0 fully saturated rings. The number of phenolic OH excluding ortho intramolecular Hbond substituents is 4. The number of phenols is 4. The van der Waals surface area contributed by atoms with Gasteiger partial charge in [0.1, 0.15) is 23.0 Å². The second-order valence-corrected chi connectivity index (χ2v) is 7.31. The van der Waals surface area contributed by atoms with Crippen molar-refractivity contribution in [2.24, 2.45) is 0 Å². The molecule has 0 bridgehead atoms. The normalized spacial score (nSPS) is 11.0. The number of hydrogen-bond donors (Lipinski definition) is 4. The van der Waals surface area contributed by atoms with Crippen LogP contribution in [-0.2, 0) is 19.3 Å². The van der Waals surface area contributed by atoms with Crippen molar-refractivity contribution >= 4 is 0 Å². The first-order chi connectivity index (χ1) is 13.0. The molecule has 0 amide bonds. The fourth-order valence-corrected chi connectivity index (χ4v) is 3.47. The molecule has 0 atom stereocenters. The van der Waals surface area contributed by atoms with Crippen molar-refractivity contribution < 1.29 is 20.4 Å². The van der Waals surface area contributed by atoms with E-state index in [2.05, 4.69) is 13.8 Å². The maximum atomic E-state index is 10.4. The Morgan fingerprint density at radius 1 is 0.630 bits per heavy atom. The third kappa shape index (κ3) is 5.81. The van der Waals surface area contributed by atoms with Crippen molar-refractivity contribution in [1.29, 1.82) is 0 Å². The van der Waals surface area contributed by atoms with E-state index < -0.39 is 0 Å². The molecule has 0 heterocycles. The number of benzene rings is 2. The summed E-state index contributed by atoms with van der Waals surface area (Å²) in [4.78, 5) is 0. The molecule has 2 rings (SSSR count). The first-order valence-electron chi connectivity index (χ1n) is 10.0. The van der Waals surface area contributed by atoms with Crippen LogP contribution >= 0.6 is 0 Å².